The molecule has 7 heteroatoms. The number of imide groups is 1. The van der Waals surface area contributed by atoms with Gasteiger partial charge in [0, 0.05) is 45.7 Å². The van der Waals surface area contributed by atoms with Gasteiger partial charge in [0.15, 0.2) is 0 Å². The molecule has 2 fully saturated rings. The number of carbonyl (C=O) groups excluding carboxylic acids is 3. The largest absolute Gasteiger partial charge is 0.496 e. The van der Waals surface area contributed by atoms with Gasteiger partial charge in [0.25, 0.3) is 0 Å². The summed E-state index contributed by atoms with van der Waals surface area (Å²) in [4.78, 5) is 41.4. The fourth-order valence-electron chi connectivity index (χ4n) is 4.10. The molecule has 0 saturated carbocycles. The number of rotatable bonds is 5. The molecule has 146 valence electrons. The van der Waals surface area contributed by atoms with Crippen molar-refractivity contribution in [2.45, 2.75) is 37.2 Å². The van der Waals surface area contributed by atoms with Crippen LogP contribution in [-0.2, 0) is 24.5 Å². The van der Waals surface area contributed by atoms with Crippen molar-refractivity contribution in [2.75, 3.05) is 34.4 Å². The molecule has 0 unspecified atom stereocenters. The third-order valence-corrected chi connectivity index (χ3v) is 5.68. The maximum atomic E-state index is 13.1. The Hall–Kier alpha value is -2.41. The van der Waals surface area contributed by atoms with Gasteiger partial charge in [-0.1, -0.05) is 18.2 Å². The summed E-state index contributed by atoms with van der Waals surface area (Å²) in [7, 11) is 4.63. The number of nitrogens with zero attached hydrogens (tertiary/aromatic N) is 2. The molecule has 0 N–H and O–H groups in total. The second-order valence-corrected chi connectivity index (χ2v) is 7.23. The van der Waals surface area contributed by atoms with E-state index >= 15 is 0 Å². The summed E-state index contributed by atoms with van der Waals surface area (Å²) in [5, 5.41) is 0. The molecule has 2 aliphatic rings. The van der Waals surface area contributed by atoms with Crippen molar-refractivity contribution in [3.8, 4) is 5.75 Å². The molecule has 3 rings (SSSR count). The van der Waals surface area contributed by atoms with Crippen molar-refractivity contribution in [3.63, 3.8) is 0 Å². The fourth-order valence-corrected chi connectivity index (χ4v) is 4.10. The fraction of sp³-hybridized carbons (Fsp3) is 0.550. The van der Waals surface area contributed by atoms with Gasteiger partial charge in [0.2, 0.25) is 17.7 Å². The van der Waals surface area contributed by atoms with Gasteiger partial charge in [0.1, 0.15) is 5.75 Å². The van der Waals surface area contributed by atoms with E-state index in [-0.39, 0.29) is 36.7 Å². The zero-order chi connectivity index (χ0) is 19.6. The molecule has 0 bridgehead atoms. The Bertz CT molecular complexity index is 750. The zero-order valence-corrected chi connectivity index (χ0v) is 16.1. The number of piperidine rings is 1. The summed E-state index contributed by atoms with van der Waals surface area (Å²) < 4.78 is 10.8. The van der Waals surface area contributed by atoms with Crippen LogP contribution in [0.4, 0.5) is 0 Å². The number of likely N-dealkylation sites (tertiary alicyclic amines) is 2. The topological polar surface area (TPSA) is 76.2 Å². The van der Waals surface area contributed by atoms with Gasteiger partial charge < -0.3 is 14.4 Å². The first kappa shape index (κ1) is 19.4. The molecule has 7 nitrogen and oxygen atoms in total. The van der Waals surface area contributed by atoms with E-state index in [2.05, 4.69) is 0 Å². The number of hydrogen-bond donors (Lipinski definition) is 0. The van der Waals surface area contributed by atoms with Gasteiger partial charge in [-0.2, -0.15) is 0 Å². The smallest absolute Gasteiger partial charge is 0.240 e. The first-order chi connectivity index (χ1) is 12.9. The SMILES string of the molecule is COc1ccccc1[C@@]1(CC(=O)N2CCC[C@H](OC)C2)CC(=O)N(C)C1=O. The summed E-state index contributed by atoms with van der Waals surface area (Å²) in [5.41, 5.74) is -0.640. The van der Waals surface area contributed by atoms with E-state index in [1.165, 1.54) is 14.2 Å². The summed E-state index contributed by atoms with van der Waals surface area (Å²) >= 11 is 0. The average molecular weight is 374 g/mol. The lowest BCUT2D eigenvalue weighted by molar-refractivity contribution is -0.142. The van der Waals surface area contributed by atoms with Crippen LogP contribution < -0.4 is 4.74 Å². The number of likely N-dealkylation sites (N-methyl/N-ethyl adjacent to an activating group) is 1. The second kappa shape index (κ2) is 7.68. The summed E-state index contributed by atoms with van der Waals surface area (Å²) in [6.45, 7) is 1.15. The lowest BCUT2D eigenvalue weighted by atomic mass is 9.75. The maximum absolute atomic E-state index is 13.1. The van der Waals surface area contributed by atoms with Gasteiger partial charge in [-0.15, -0.1) is 0 Å². The summed E-state index contributed by atoms with van der Waals surface area (Å²) in [6.07, 6.45) is 1.69. The van der Waals surface area contributed by atoms with E-state index < -0.39 is 5.41 Å². The predicted molar refractivity (Wildman–Crippen MR) is 98.3 cm³/mol. The van der Waals surface area contributed by atoms with Crippen molar-refractivity contribution >= 4 is 17.7 Å². The van der Waals surface area contributed by atoms with Crippen LogP contribution in [-0.4, -0.2) is 68.0 Å². The molecule has 2 aliphatic heterocycles. The Balaban J connectivity index is 1.96. The quantitative estimate of drug-likeness (QED) is 0.727. The summed E-state index contributed by atoms with van der Waals surface area (Å²) in [6, 6.07) is 7.11. The Morgan fingerprint density at radius 1 is 1.26 bits per heavy atom. The van der Waals surface area contributed by atoms with Crippen LogP contribution >= 0.6 is 0 Å². The molecule has 1 aromatic carbocycles. The molecule has 3 amide bonds. The molecular weight excluding hydrogens is 348 g/mol. The molecular formula is C20H26N2O5. The van der Waals surface area contributed by atoms with Gasteiger partial charge in [0.05, 0.1) is 18.6 Å². The highest BCUT2D eigenvalue weighted by molar-refractivity contribution is 6.10. The Morgan fingerprint density at radius 2 is 2.00 bits per heavy atom. The predicted octanol–water partition coefficient (Wildman–Crippen LogP) is 1.35. The third-order valence-electron chi connectivity index (χ3n) is 5.68. The minimum Gasteiger partial charge on any atom is -0.496 e. The molecule has 0 spiro atoms. The second-order valence-electron chi connectivity index (χ2n) is 7.23. The van der Waals surface area contributed by atoms with Gasteiger partial charge >= 0.3 is 0 Å². The van der Waals surface area contributed by atoms with Gasteiger partial charge in [-0.05, 0) is 18.9 Å². The third kappa shape index (κ3) is 3.43. The molecule has 0 radical (unpaired) electrons. The van der Waals surface area contributed by atoms with Crippen molar-refractivity contribution in [1.29, 1.82) is 0 Å². The van der Waals surface area contributed by atoms with E-state index in [9.17, 15) is 14.4 Å². The van der Waals surface area contributed by atoms with E-state index in [0.29, 0.717) is 24.4 Å². The lowest BCUT2D eigenvalue weighted by Crippen LogP contribution is -2.47. The van der Waals surface area contributed by atoms with Crippen LogP contribution in [0.3, 0.4) is 0 Å². The van der Waals surface area contributed by atoms with Crippen LogP contribution in [0.15, 0.2) is 24.3 Å². The van der Waals surface area contributed by atoms with Gasteiger partial charge in [-0.3, -0.25) is 19.3 Å². The Labute approximate surface area is 159 Å². The number of amides is 3. The first-order valence-corrected chi connectivity index (χ1v) is 9.18. The van der Waals surface area contributed by atoms with Crippen molar-refractivity contribution in [1.82, 2.24) is 9.80 Å². The summed E-state index contributed by atoms with van der Waals surface area (Å²) in [5.74, 6) is -0.271. The average Bonchev–Trinajstić information content (AvgIpc) is 2.92. The molecule has 27 heavy (non-hydrogen) atoms. The van der Waals surface area contributed by atoms with Crippen molar-refractivity contribution in [2.24, 2.45) is 0 Å². The molecule has 2 saturated heterocycles. The van der Waals surface area contributed by atoms with Crippen LogP contribution in [0.5, 0.6) is 5.75 Å². The lowest BCUT2D eigenvalue weighted by Gasteiger charge is -2.35. The van der Waals surface area contributed by atoms with Crippen LogP contribution in [0, 0.1) is 0 Å². The number of benzene rings is 1. The number of para-hydroxylation sites is 1. The molecule has 0 aliphatic carbocycles. The van der Waals surface area contributed by atoms with Crippen molar-refractivity contribution in [3.05, 3.63) is 29.8 Å². The minimum absolute atomic E-state index is 0.00787. The van der Waals surface area contributed by atoms with E-state index in [4.69, 9.17) is 9.47 Å². The molecule has 1 aromatic rings. The Kier molecular flexibility index (Phi) is 5.51. The number of methoxy groups -OCH3 is 2. The number of hydrogen-bond acceptors (Lipinski definition) is 5. The molecule has 2 heterocycles. The van der Waals surface area contributed by atoms with Crippen LogP contribution in [0.2, 0.25) is 0 Å². The van der Waals surface area contributed by atoms with Crippen LogP contribution in [0.1, 0.15) is 31.2 Å². The highest BCUT2D eigenvalue weighted by atomic mass is 16.5. The number of ether oxygens (including phenoxy) is 2. The number of carbonyl (C=O) groups is 3. The van der Waals surface area contributed by atoms with Crippen LogP contribution in [0.25, 0.3) is 0 Å². The molecule has 2 atom stereocenters. The Morgan fingerprint density at radius 3 is 2.63 bits per heavy atom. The minimum atomic E-state index is -1.23. The monoisotopic (exact) mass is 374 g/mol. The normalized spacial score (nSPS) is 25.8. The van der Waals surface area contributed by atoms with E-state index in [1.54, 1.807) is 36.3 Å². The maximum Gasteiger partial charge on any atom is 0.240 e. The molecule has 0 aromatic heterocycles. The highest BCUT2D eigenvalue weighted by Gasteiger charge is 2.54. The zero-order valence-electron chi connectivity index (χ0n) is 16.1. The standard InChI is InChI=1S/C20H26N2O5/c1-21-17(23)11-20(19(21)25,15-8-4-5-9-16(15)27-3)12-18(24)22-10-6-7-14(13-22)26-2/h4-5,8-9,14H,6-7,10-13H2,1-3H3/t14-,20-/m0/s1. The highest BCUT2D eigenvalue weighted by Crippen LogP contribution is 2.43. The van der Waals surface area contributed by atoms with Gasteiger partial charge in [-0.25, -0.2) is 0 Å². The first-order valence-electron chi connectivity index (χ1n) is 9.18. The van der Waals surface area contributed by atoms with E-state index in [0.717, 1.165) is 17.7 Å². The van der Waals surface area contributed by atoms with E-state index in [1.807, 2.05) is 0 Å². The van der Waals surface area contributed by atoms with Crippen molar-refractivity contribution < 1.29 is 23.9 Å².